The largest absolute Gasteiger partial charge is 0.314 e. The molecule has 1 aromatic rings. The lowest BCUT2D eigenvalue weighted by atomic mass is 10.1. The van der Waals surface area contributed by atoms with Crippen LogP contribution in [0.4, 0.5) is 0 Å². The first-order chi connectivity index (χ1) is 8.67. The minimum Gasteiger partial charge on any atom is -0.314 e. The molecule has 0 radical (unpaired) electrons. The van der Waals surface area contributed by atoms with Gasteiger partial charge in [-0.2, -0.15) is 5.10 Å². The van der Waals surface area contributed by atoms with Gasteiger partial charge in [-0.05, 0) is 58.6 Å². The molecule has 0 aliphatic carbocycles. The van der Waals surface area contributed by atoms with Gasteiger partial charge in [-0.3, -0.25) is 4.68 Å². The number of hydrogen-bond acceptors (Lipinski definition) is 2. The Labute approximate surface area is 112 Å². The van der Waals surface area contributed by atoms with Crippen LogP contribution in [0.15, 0.2) is 12.3 Å². The van der Waals surface area contributed by atoms with Crippen LogP contribution in [-0.4, -0.2) is 22.4 Å². The molecule has 0 aliphatic heterocycles. The predicted octanol–water partition coefficient (Wildman–Crippen LogP) is 3.56. The fourth-order valence-corrected chi connectivity index (χ4v) is 2.03. The Kier molecular flexibility index (Phi) is 7.02. The van der Waals surface area contributed by atoms with Crippen molar-refractivity contribution in [3.05, 3.63) is 18.0 Å². The van der Waals surface area contributed by atoms with Crippen LogP contribution >= 0.6 is 0 Å². The standard InChI is InChI=1S/C15H29N3/c1-5-11-16-13(3)8-7-9-15-10-12-18(17-15)14(4)6-2/h10,12-14,16H,5-9,11H2,1-4H3. The fourth-order valence-electron chi connectivity index (χ4n) is 2.03. The Balaban J connectivity index is 2.25. The molecule has 18 heavy (non-hydrogen) atoms. The molecular formula is C15H29N3. The van der Waals surface area contributed by atoms with Gasteiger partial charge >= 0.3 is 0 Å². The van der Waals surface area contributed by atoms with Gasteiger partial charge in [0.25, 0.3) is 0 Å². The zero-order valence-electron chi connectivity index (χ0n) is 12.4. The Morgan fingerprint density at radius 1 is 1.33 bits per heavy atom. The third-order valence-corrected chi connectivity index (χ3v) is 3.52. The first-order valence-electron chi connectivity index (χ1n) is 7.44. The van der Waals surface area contributed by atoms with Crippen molar-refractivity contribution in [1.82, 2.24) is 15.1 Å². The Hall–Kier alpha value is -0.830. The maximum Gasteiger partial charge on any atom is 0.0624 e. The topological polar surface area (TPSA) is 29.9 Å². The van der Waals surface area contributed by atoms with Gasteiger partial charge in [-0.15, -0.1) is 0 Å². The van der Waals surface area contributed by atoms with Gasteiger partial charge in [0.2, 0.25) is 0 Å². The number of hydrogen-bond donors (Lipinski definition) is 1. The Bertz CT molecular complexity index is 319. The molecule has 104 valence electrons. The van der Waals surface area contributed by atoms with Gasteiger partial charge in [0, 0.05) is 18.3 Å². The molecule has 0 aliphatic rings. The van der Waals surface area contributed by atoms with Crippen LogP contribution in [-0.2, 0) is 6.42 Å². The van der Waals surface area contributed by atoms with Crippen LogP contribution in [0.1, 0.15) is 65.1 Å². The lowest BCUT2D eigenvalue weighted by Gasteiger charge is -2.12. The number of rotatable bonds is 9. The summed E-state index contributed by atoms with van der Waals surface area (Å²) in [5.41, 5.74) is 1.23. The number of nitrogens with zero attached hydrogens (tertiary/aromatic N) is 2. The second-order valence-electron chi connectivity index (χ2n) is 5.29. The van der Waals surface area contributed by atoms with Crippen molar-refractivity contribution in [2.45, 2.75) is 71.9 Å². The maximum absolute atomic E-state index is 4.64. The highest BCUT2D eigenvalue weighted by molar-refractivity contribution is 4.99. The molecule has 1 rings (SSSR count). The van der Waals surface area contributed by atoms with E-state index in [0.717, 1.165) is 19.4 Å². The first kappa shape index (κ1) is 15.2. The Morgan fingerprint density at radius 3 is 2.78 bits per heavy atom. The monoisotopic (exact) mass is 251 g/mol. The van der Waals surface area contributed by atoms with Crippen LogP contribution < -0.4 is 5.32 Å². The quantitative estimate of drug-likeness (QED) is 0.727. The van der Waals surface area contributed by atoms with Crippen molar-refractivity contribution in [1.29, 1.82) is 0 Å². The fraction of sp³-hybridized carbons (Fsp3) is 0.800. The maximum atomic E-state index is 4.64. The minimum atomic E-state index is 0.517. The molecule has 0 aromatic carbocycles. The third-order valence-electron chi connectivity index (χ3n) is 3.52. The number of nitrogens with one attached hydrogen (secondary N) is 1. The van der Waals surface area contributed by atoms with Crippen molar-refractivity contribution >= 4 is 0 Å². The summed E-state index contributed by atoms with van der Waals surface area (Å²) in [5.74, 6) is 0. The van der Waals surface area contributed by atoms with E-state index in [4.69, 9.17) is 0 Å². The molecule has 1 N–H and O–H groups in total. The molecule has 0 fully saturated rings. The minimum absolute atomic E-state index is 0.517. The van der Waals surface area contributed by atoms with Crippen LogP contribution in [0.25, 0.3) is 0 Å². The van der Waals surface area contributed by atoms with Crippen molar-refractivity contribution in [2.24, 2.45) is 0 Å². The molecule has 2 unspecified atom stereocenters. The predicted molar refractivity (Wildman–Crippen MR) is 77.9 cm³/mol. The van der Waals surface area contributed by atoms with E-state index >= 15 is 0 Å². The normalized spacial score (nSPS) is 14.7. The van der Waals surface area contributed by atoms with Crippen LogP contribution in [0.2, 0.25) is 0 Å². The molecular weight excluding hydrogens is 222 g/mol. The molecule has 1 heterocycles. The van der Waals surface area contributed by atoms with E-state index in [1.54, 1.807) is 0 Å². The van der Waals surface area contributed by atoms with Crippen molar-refractivity contribution in [3.8, 4) is 0 Å². The van der Waals surface area contributed by atoms with Gasteiger partial charge in [-0.25, -0.2) is 0 Å². The molecule has 0 spiro atoms. The van der Waals surface area contributed by atoms with E-state index in [9.17, 15) is 0 Å². The van der Waals surface area contributed by atoms with Crippen molar-refractivity contribution in [2.75, 3.05) is 6.54 Å². The van der Waals surface area contributed by atoms with Gasteiger partial charge in [0.05, 0.1) is 5.69 Å². The second kappa shape index (κ2) is 8.30. The SMILES string of the molecule is CCCNC(C)CCCc1ccn(C(C)CC)n1. The summed E-state index contributed by atoms with van der Waals surface area (Å²) < 4.78 is 2.09. The van der Waals surface area contributed by atoms with E-state index in [2.05, 4.69) is 55.1 Å². The van der Waals surface area contributed by atoms with Gasteiger partial charge in [-0.1, -0.05) is 13.8 Å². The molecule has 3 nitrogen and oxygen atoms in total. The molecule has 0 bridgehead atoms. The molecule has 1 aromatic heterocycles. The van der Waals surface area contributed by atoms with E-state index in [-0.39, 0.29) is 0 Å². The zero-order chi connectivity index (χ0) is 13.4. The summed E-state index contributed by atoms with van der Waals surface area (Å²) in [6.45, 7) is 10.0. The van der Waals surface area contributed by atoms with E-state index in [1.807, 2.05) is 0 Å². The molecule has 2 atom stereocenters. The molecule has 0 saturated heterocycles. The number of aromatic nitrogens is 2. The lowest BCUT2D eigenvalue weighted by Crippen LogP contribution is -2.26. The van der Waals surface area contributed by atoms with Crippen molar-refractivity contribution in [3.63, 3.8) is 0 Å². The number of aryl methyl sites for hydroxylation is 1. The lowest BCUT2D eigenvalue weighted by molar-refractivity contribution is 0.468. The van der Waals surface area contributed by atoms with E-state index in [1.165, 1.54) is 25.0 Å². The summed E-state index contributed by atoms with van der Waals surface area (Å²) in [7, 11) is 0. The van der Waals surface area contributed by atoms with E-state index < -0.39 is 0 Å². The van der Waals surface area contributed by atoms with Gasteiger partial charge in [0.1, 0.15) is 0 Å². The highest BCUT2D eigenvalue weighted by Gasteiger charge is 2.05. The van der Waals surface area contributed by atoms with E-state index in [0.29, 0.717) is 12.1 Å². The summed E-state index contributed by atoms with van der Waals surface area (Å²) in [6.07, 6.45) is 8.01. The molecule has 0 saturated carbocycles. The third kappa shape index (κ3) is 5.21. The first-order valence-corrected chi connectivity index (χ1v) is 7.44. The Morgan fingerprint density at radius 2 is 2.11 bits per heavy atom. The summed E-state index contributed by atoms with van der Waals surface area (Å²) in [5, 5.41) is 8.16. The van der Waals surface area contributed by atoms with Crippen LogP contribution in [0.5, 0.6) is 0 Å². The van der Waals surface area contributed by atoms with Crippen LogP contribution in [0.3, 0.4) is 0 Å². The summed E-state index contributed by atoms with van der Waals surface area (Å²) >= 11 is 0. The average Bonchev–Trinajstić information content (AvgIpc) is 2.84. The summed E-state index contributed by atoms with van der Waals surface area (Å²) in [4.78, 5) is 0. The van der Waals surface area contributed by atoms with Crippen LogP contribution in [0, 0.1) is 0 Å². The smallest absolute Gasteiger partial charge is 0.0624 e. The zero-order valence-corrected chi connectivity index (χ0v) is 12.4. The van der Waals surface area contributed by atoms with Gasteiger partial charge < -0.3 is 5.32 Å². The molecule has 3 heteroatoms. The summed E-state index contributed by atoms with van der Waals surface area (Å²) in [6, 6.07) is 3.31. The average molecular weight is 251 g/mol. The highest BCUT2D eigenvalue weighted by atomic mass is 15.3. The van der Waals surface area contributed by atoms with Gasteiger partial charge in [0.15, 0.2) is 0 Å². The molecule has 0 amide bonds. The second-order valence-corrected chi connectivity index (χ2v) is 5.29. The van der Waals surface area contributed by atoms with Crippen molar-refractivity contribution < 1.29 is 0 Å². The highest BCUT2D eigenvalue weighted by Crippen LogP contribution is 2.11.